The van der Waals surface area contributed by atoms with Crippen LogP contribution in [0.4, 0.5) is 0 Å². The summed E-state index contributed by atoms with van der Waals surface area (Å²) in [5.74, 6) is 0.741. The lowest BCUT2D eigenvalue weighted by atomic mass is 10.2. The number of hydrogen-bond donors (Lipinski definition) is 2. The van der Waals surface area contributed by atoms with E-state index >= 15 is 0 Å². The summed E-state index contributed by atoms with van der Waals surface area (Å²) >= 11 is 0. The van der Waals surface area contributed by atoms with E-state index in [1.165, 1.54) is 6.26 Å². The van der Waals surface area contributed by atoms with E-state index < -0.39 is 15.9 Å². The number of nitrogens with zero attached hydrogens (tertiary/aromatic N) is 1. The Morgan fingerprint density at radius 3 is 2.67 bits per heavy atom. The van der Waals surface area contributed by atoms with Gasteiger partial charge in [-0.25, -0.2) is 8.42 Å². The number of aliphatic hydroxyl groups excluding tert-OH is 1. The summed E-state index contributed by atoms with van der Waals surface area (Å²) in [7, 11) is -1.22. The standard InChI is InChI=1S/C14H24N2O4S/c1-16(7-8-21(2,18)19)10-13(17)11-20-14-6-4-3-5-12(14)9-15/h3-6,13,17H,7-11,15H2,1-2H3. The normalized spacial score (nSPS) is 13.4. The van der Waals surface area contributed by atoms with Crippen LogP contribution < -0.4 is 10.5 Å². The summed E-state index contributed by atoms with van der Waals surface area (Å²) in [5.41, 5.74) is 6.49. The van der Waals surface area contributed by atoms with Crippen molar-refractivity contribution in [3.63, 3.8) is 0 Å². The molecule has 0 aliphatic heterocycles. The van der Waals surface area contributed by atoms with Crippen LogP contribution in [0.5, 0.6) is 5.75 Å². The van der Waals surface area contributed by atoms with Crippen molar-refractivity contribution in [1.82, 2.24) is 4.90 Å². The molecule has 0 aliphatic carbocycles. The van der Waals surface area contributed by atoms with E-state index in [-0.39, 0.29) is 12.4 Å². The van der Waals surface area contributed by atoms with Crippen LogP contribution in [0.25, 0.3) is 0 Å². The number of para-hydroxylation sites is 1. The predicted octanol–water partition coefficient (Wildman–Crippen LogP) is -0.139. The fourth-order valence-electron chi connectivity index (χ4n) is 1.82. The van der Waals surface area contributed by atoms with E-state index in [4.69, 9.17) is 10.5 Å². The number of aliphatic hydroxyl groups is 1. The summed E-state index contributed by atoms with van der Waals surface area (Å²) in [5, 5.41) is 9.93. The minimum absolute atomic E-state index is 0.0765. The summed E-state index contributed by atoms with van der Waals surface area (Å²) in [6.45, 7) is 1.25. The summed E-state index contributed by atoms with van der Waals surface area (Å²) < 4.78 is 27.7. The highest BCUT2D eigenvalue weighted by Gasteiger charge is 2.12. The van der Waals surface area contributed by atoms with Gasteiger partial charge in [0.25, 0.3) is 0 Å². The van der Waals surface area contributed by atoms with E-state index in [9.17, 15) is 13.5 Å². The van der Waals surface area contributed by atoms with Gasteiger partial charge in [0.2, 0.25) is 0 Å². The molecule has 0 saturated heterocycles. The number of ether oxygens (including phenoxy) is 1. The molecule has 1 unspecified atom stereocenters. The predicted molar refractivity (Wildman–Crippen MR) is 83.0 cm³/mol. The molecule has 1 rings (SSSR count). The fraction of sp³-hybridized carbons (Fsp3) is 0.571. The van der Waals surface area contributed by atoms with Gasteiger partial charge in [0.05, 0.1) is 5.75 Å². The molecule has 1 atom stereocenters. The van der Waals surface area contributed by atoms with Crippen molar-refractivity contribution in [2.24, 2.45) is 5.73 Å². The van der Waals surface area contributed by atoms with Gasteiger partial charge in [-0.05, 0) is 13.1 Å². The molecule has 0 bridgehead atoms. The molecule has 0 spiro atoms. The van der Waals surface area contributed by atoms with Crippen molar-refractivity contribution in [2.75, 3.05) is 38.8 Å². The van der Waals surface area contributed by atoms with Gasteiger partial charge >= 0.3 is 0 Å². The van der Waals surface area contributed by atoms with Crippen molar-refractivity contribution < 1.29 is 18.3 Å². The topological polar surface area (TPSA) is 92.9 Å². The van der Waals surface area contributed by atoms with E-state index in [1.54, 1.807) is 11.9 Å². The first-order chi connectivity index (χ1) is 9.81. The largest absolute Gasteiger partial charge is 0.491 e. The fourth-order valence-corrected chi connectivity index (χ4v) is 2.47. The van der Waals surface area contributed by atoms with Crippen molar-refractivity contribution in [3.05, 3.63) is 29.8 Å². The zero-order chi connectivity index (χ0) is 15.9. The van der Waals surface area contributed by atoms with Crippen LogP contribution in [0.15, 0.2) is 24.3 Å². The molecule has 0 fully saturated rings. The third kappa shape index (κ3) is 7.42. The van der Waals surface area contributed by atoms with E-state index in [0.29, 0.717) is 25.4 Å². The van der Waals surface area contributed by atoms with Gasteiger partial charge in [0, 0.05) is 31.5 Å². The summed E-state index contributed by atoms with van der Waals surface area (Å²) in [6, 6.07) is 7.41. The second kappa shape index (κ2) is 8.33. The van der Waals surface area contributed by atoms with Gasteiger partial charge in [-0.3, -0.25) is 0 Å². The summed E-state index contributed by atoms with van der Waals surface area (Å²) in [6.07, 6.45) is 0.504. The first-order valence-electron chi connectivity index (χ1n) is 6.77. The van der Waals surface area contributed by atoms with Crippen molar-refractivity contribution in [1.29, 1.82) is 0 Å². The Morgan fingerprint density at radius 1 is 1.38 bits per heavy atom. The van der Waals surface area contributed by atoms with Crippen molar-refractivity contribution >= 4 is 9.84 Å². The minimum atomic E-state index is -2.99. The monoisotopic (exact) mass is 316 g/mol. The maximum absolute atomic E-state index is 11.1. The molecule has 21 heavy (non-hydrogen) atoms. The Labute approximate surface area is 126 Å². The Morgan fingerprint density at radius 2 is 2.05 bits per heavy atom. The zero-order valence-corrected chi connectivity index (χ0v) is 13.3. The van der Waals surface area contributed by atoms with Crippen LogP contribution >= 0.6 is 0 Å². The molecular weight excluding hydrogens is 292 g/mol. The first kappa shape index (κ1) is 17.9. The molecule has 0 saturated carbocycles. The molecule has 0 amide bonds. The lowest BCUT2D eigenvalue weighted by Gasteiger charge is -2.20. The molecule has 1 aromatic carbocycles. The molecule has 120 valence electrons. The number of likely N-dealkylation sites (N-methyl/N-ethyl adjacent to an activating group) is 1. The van der Waals surface area contributed by atoms with Crippen LogP contribution in [0.3, 0.4) is 0 Å². The van der Waals surface area contributed by atoms with Crippen LogP contribution in [-0.4, -0.2) is 63.3 Å². The van der Waals surface area contributed by atoms with Gasteiger partial charge in [-0.1, -0.05) is 18.2 Å². The number of sulfone groups is 1. The van der Waals surface area contributed by atoms with Gasteiger partial charge in [-0.2, -0.15) is 0 Å². The third-order valence-corrected chi connectivity index (χ3v) is 3.91. The van der Waals surface area contributed by atoms with Gasteiger partial charge < -0.3 is 20.5 Å². The quantitative estimate of drug-likeness (QED) is 0.659. The second-order valence-electron chi connectivity index (χ2n) is 5.17. The van der Waals surface area contributed by atoms with Crippen LogP contribution in [0, 0.1) is 0 Å². The number of nitrogens with two attached hydrogens (primary N) is 1. The molecule has 0 aromatic heterocycles. The number of hydrogen-bond acceptors (Lipinski definition) is 6. The van der Waals surface area contributed by atoms with Crippen molar-refractivity contribution in [3.8, 4) is 5.75 Å². The first-order valence-corrected chi connectivity index (χ1v) is 8.83. The molecule has 0 radical (unpaired) electrons. The lowest BCUT2D eigenvalue weighted by molar-refractivity contribution is 0.0776. The van der Waals surface area contributed by atoms with E-state index in [1.807, 2.05) is 24.3 Å². The van der Waals surface area contributed by atoms with E-state index in [0.717, 1.165) is 5.56 Å². The zero-order valence-electron chi connectivity index (χ0n) is 12.5. The highest BCUT2D eigenvalue weighted by molar-refractivity contribution is 7.90. The maximum Gasteiger partial charge on any atom is 0.148 e. The highest BCUT2D eigenvalue weighted by Crippen LogP contribution is 2.17. The SMILES string of the molecule is CN(CCS(C)(=O)=O)CC(O)COc1ccccc1CN. The molecule has 0 heterocycles. The Balaban J connectivity index is 2.38. The molecule has 3 N–H and O–H groups in total. The van der Waals surface area contributed by atoms with Crippen LogP contribution in [-0.2, 0) is 16.4 Å². The van der Waals surface area contributed by atoms with Crippen LogP contribution in [0.1, 0.15) is 5.56 Å². The van der Waals surface area contributed by atoms with Gasteiger partial charge in [0.15, 0.2) is 0 Å². The average Bonchev–Trinajstić information content (AvgIpc) is 2.42. The molecule has 1 aromatic rings. The Kier molecular flexibility index (Phi) is 7.10. The minimum Gasteiger partial charge on any atom is -0.491 e. The van der Waals surface area contributed by atoms with Gasteiger partial charge in [-0.15, -0.1) is 0 Å². The average molecular weight is 316 g/mol. The van der Waals surface area contributed by atoms with Gasteiger partial charge in [0.1, 0.15) is 28.3 Å². The number of rotatable bonds is 9. The maximum atomic E-state index is 11.1. The Hall–Kier alpha value is -1.15. The highest BCUT2D eigenvalue weighted by atomic mass is 32.2. The van der Waals surface area contributed by atoms with E-state index in [2.05, 4.69) is 0 Å². The molecule has 6 nitrogen and oxygen atoms in total. The second-order valence-corrected chi connectivity index (χ2v) is 7.43. The third-order valence-electron chi connectivity index (χ3n) is 2.99. The smallest absolute Gasteiger partial charge is 0.148 e. The molecular formula is C14H24N2O4S. The molecule has 0 aliphatic rings. The Bertz CT molecular complexity index is 534. The molecule has 7 heteroatoms. The van der Waals surface area contributed by atoms with Crippen LogP contribution in [0.2, 0.25) is 0 Å². The van der Waals surface area contributed by atoms with Crippen molar-refractivity contribution in [2.45, 2.75) is 12.6 Å². The number of benzene rings is 1. The lowest BCUT2D eigenvalue weighted by Crippen LogP contribution is -2.35. The summed E-state index contributed by atoms with van der Waals surface area (Å²) in [4.78, 5) is 1.77.